The fraction of sp³-hybridized carbons (Fsp3) is 0.857. The molecule has 2 rings (SSSR count). The number of rotatable bonds is 3. The number of amides is 1. The van der Waals surface area contributed by atoms with Gasteiger partial charge in [-0.15, -0.1) is 0 Å². The van der Waals surface area contributed by atoms with E-state index in [1.807, 2.05) is 16.8 Å². The molecule has 108 valence electrons. The summed E-state index contributed by atoms with van der Waals surface area (Å²) < 4.78 is 0. The molecule has 0 spiro atoms. The summed E-state index contributed by atoms with van der Waals surface area (Å²) in [4.78, 5) is 27.6. The van der Waals surface area contributed by atoms with Gasteiger partial charge in [0.2, 0.25) is 5.91 Å². The van der Waals surface area contributed by atoms with Gasteiger partial charge >= 0.3 is 5.97 Å². The molecular formula is C14H24N2O3. The number of likely N-dealkylation sites (N-methyl/N-ethyl adjacent to an activating group) is 1. The third-order valence-corrected chi connectivity index (χ3v) is 4.53. The maximum atomic E-state index is 12.7. The molecular weight excluding hydrogens is 244 g/mol. The van der Waals surface area contributed by atoms with Gasteiger partial charge in [-0.05, 0) is 33.2 Å². The molecule has 0 radical (unpaired) electrons. The van der Waals surface area contributed by atoms with Crippen LogP contribution in [0.15, 0.2) is 0 Å². The SMILES string of the molecule is CC1CCN(C)C(CC(=O)O)C(=O)N1C1CCCC1. The predicted octanol–water partition coefficient (Wildman–Crippen LogP) is 1.32. The Morgan fingerprint density at radius 3 is 2.53 bits per heavy atom. The number of hydrogen-bond donors (Lipinski definition) is 1. The van der Waals surface area contributed by atoms with Crippen LogP contribution in [0.3, 0.4) is 0 Å². The molecule has 2 fully saturated rings. The van der Waals surface area contributed by atoms with Crippen molar-refractivity contribution in [3.05, 3.63) is 0 Å². The molecule has 19 heavy (non-hydrogen) atoms. The minimum atomic E-state index is -0.897. The van der Waals surface area contributed by atoms with E-state index in [1.165, 1.54) is 12.8 Å². The van der Waals surface area contributed by atoms with Gasteiger partial charge in [0.1, 0.15) is 0 Å². The zero-order valence-electron chi connectivity index (χ0n) is 11.8. The normalized spacial score (nSPS) is 30.6. The first-order chi connectivity index (χ1) is 9.00. The van der Waals surface area contributed by atoms with Crippen molar-refractivity contribution in [2.24, 2.45) is 0 Å². The van der Waals surface area contributed by atoms with E-state index in [-0.39, 0.29) is 18.4 Å². The number of nitrogens with zero attached hydrogens (tertiary/aromatic N) is 2. The van der Waals surface area contributed by atoms with E-state index in [9.17, 15) is 9.59 Å². The molecule has 1 saturated carbocycles. The van der Waals surface area contributed by atoms with Crippen molar-refractivity contribution >= 4 is 11.9 Å². The fourth-order valence-corrected chi connectivity index (χ4v) is 3.39. The lowest BCUT2D eigenvalue weighted by atomic mass is 10.1. The summed E-state index contributed by atoms with van der Waals surface area (Å²) in [5, 5.41) is 9.01. The molecule has 1 N–H and O–H groups in total. The summed E-state index contributed by atoms with van der Waals surface area (Å²) in [7, 11) is 1.86. The number of aliphatic carboxylic acids is 1. The van der Waals surface area contributed by atoms with E-state index in [0.717, 1.165) is 25.8 Å². The predicted molar refractivity (Wildman–Crippen MR) is 71.9 cm³/mol. The molecule has 0 bridgehead atoms. The zero-order valence-corrected chi connectivity index (χ0v) is 11.8. The Morgan fingerprint density at radius 2 is 1.95 bits per heavy atom. The van der Waals surface area contributed by atoms with Gasteiger partial charge in [-0.3, -0.25) is 14.5 Å². The number of carbonyl (C=O) groups excluding carboxylic acids is 1. The molecule has 2 atom stereocenters. The number of carbonyl (C=O) groups is 2. The van der Waals surface area contributed by atoms with Crippen molar-refractivity contribution in [3.63, 3.8) is 0 Å². The van der Waals surface area contributed by atoms with Crippen LogP contribution >= 0.6 is 0 Å². The van der Waals surface area contributed by atoms with Gasteiger partial charge in [0.25, 0.3) is 0 Å². The van der Waals surface area contributed by atoms with Gasteiger partial charge in [-0.2, -0.15) is 0 Å². The molecule has 1 saturated heterocycles. The molecule has 2 aliphatic rings. The highest BCUT2D eigenvalue weighted by atomic mass is 16.4. The topological polar surface area (TPSA) is 60.9 Å². The second-order valence-corrected chi connectivity index (χ2v) is 5.92. The first-order valence-electron chi connectivity index (χ1n) is 7.25. The lowest BCUT2D eigenvalue weighted by molar-refractivity contribution is -0.146. The highest BCUT2D eigenvalue weighted by molar-refractivity contribution is 5.87. The Balaban J connectivity index is 2.19. The fourth-order valence-electron chi connectivity index (χ4n) is 3.39. The maximum absolute atomic E-state index is 12.7. The minimum absolute atomic E-state index is 0.0156. The zero-order chi connectivity index (χ0) is 14.0. The van der Waals surface area contributed by atoms with Gasteiger partial charge in [-0.25, -0.2) is 0 Å². The van der Waals surface area contributed by atoms with Crippen molar-refractivity contribution in [2.45, 2.75) is 63.6 Å². The Kier molecular flexibility index (Phi) is 4.45. The van der Waals surface area contributed by atoms with Crippen molar-refractivity contribution < 1.29 is 14.7 Å². The highest BCUT2D eigenvalue weighted by Gasteiger charge is 2.39. The highest BCUT2D eigenvalue weighted by Crippen LogP contribution is 2.29. The molecule has 5 heteroatoms. The standard InChI is InChI=1S/C14H24N2O3/c1-10-7-8-15(2)12(9-13(17)18)14(19)16(10)11-5-3-4-6-11/h10-12H,3-9H2,1-2H3,(H,17,18). The Bertz CT molecular complexity index is 353. The second kappa shape index (κ2) is 5.90. The average Bonchev–Trinajstić information content (AvgIpc) is 2.83. The van der Waals surface area contributed by atoms with E-state index in [0.29, 0.717) is 6.04 Å². The van der Waals surface area contributed by atoms with Crippen LogP contribution in [0, 0.1) is 0 Å². The minimum Gasteiger partial charge on any atom is -0.481 e. The molecule has 5 nitrogen and oxygen atoms in total. The van der Waals surface area contributed by atoms with E-state index < -0.39 is 12.0 Å². The average molecular weight is 268 g/mol. The van der Waals surface area contributed by atoms with Crippen molar-refractivity contribution in [3.8, 4) is 0 Å². The van der Waals surface area contributed by atoms with Gasteiger partial charge in [0.15, 0.2) is 0 Å². The lowest BCUT2D eigenvalue weighted by Crippen LogP contribution is -2.50. The summed E-state index contributed by atoms with van der Waals surface area (Å²) in [5.74, 6) is -0.882. The second-order valence-electron chi connectivity index (χ2n) is 5.92. The van der Waals surface area contributed by atoms with E-state index in [2.05, 4.69) is 6.92 Å². The van der Waals surface area contributed by atoms with Crippen LogP contribution in [0.2, 0.25) is 0 Å². The Hall–Kier alpha value is -1.10. The maximum Gasteiger partial charge on any atom is 0.305 e. The van der Waals surface area contributed by atoms with Crippen molar-refractivity contribution in [1.29, 1.82) is 0 Å². The largest absolute Gasteiger partial charge is 0.481 e. The molecule has 1 amide bonds. The third-order valence-electron chi connectivity index (χ3n) is 4.53. The van der Waals surface area contributed by atoms with Crippen LogP contribution in [-0.4, -0.2) is 58.5 Å². The first kappa shape index (κ1) is 14.3. The van der Waals surface area contributed by atoms with E-state index in [4.69, 9.17) is 5.11 Å². The Labute approximate surface area is 114 Å². The number of hydrogen-bond acceptors (Lipinski definition) is 3. The molecule has 0 aromatic carbocycles. The molecule has 1 heterocycles. The van der Waals surface area contributed by atoms with Crippen LogP contribution in [-0.2, 0) is 9.59 Å². The quantitative estimate of drug-likeness (QED) is 0.838. The van der Waals surface area contributed by atoms with Crippen molar-refractivity contribution in [2.75, 3.05) is 13.6 Å². The smallest absolute Gasteiger partial charge is 0.305 e. The van der Waals surface area contributed by atoms with Gasteiger partial charge in [-0.1, -0.05) is 12.8 Å². The molecule has 1 aliphatic carbocycles. The monoisotopic (exact) mass is 268 g/mol. The van der Waals surface area contributed by atoms with Crippen LogP contribution in [0.5, 0.6) is 0 Å². The van der Waals surface area contributed by atoms with Gasteiger partial charge in [0, 0.05) is 18.6 Å². The van der Waals surface area contributed by atoms with Gasteiger partial charge in [0.05, 0.1) is 12.5 Å². The first-order valence-corrected chi connectivity index (χ1v) is 7.25. The molecule has 2 unspecified atom stereocenters. The van der Waals surface area contributed by atoms with Crippen molar-refractivity contribution in [1.82, 2.24) is 9.80 Å². The van der Waals surface area contributed by atoms with Crippen LogP contribution in [0.4, 0.5) is 0 Å². The summed E-state index contributed by atoms with van der Waals surface area (Å²) in [5.41, 5.74) is 0. The number of carboxylic acid groups (broad SMARTS) is 1. The third kappa shape index (κ3) is 3.08. The summed E-state index contributed by atoms with van der Waals surface area (Å²) in [6.07, 6.45) is 5.33. The number of carboxylic acids is 1. The molecule has 0 aromatic rings. The van der Waals surface area contributed by atoms with Crippen LogP contribution < -0.4 is 0 Å². The van der Waals surface area contributed by atoms with Gasteiger partial charge < -0.3 is 10.0 Å². The van der Waals surface area contributed by atoms with Crippen LogP contribution in [0.25, 0.3) is 0 Å². The molecule has 1 aliphatic heterocycles. The lowest BCUT2D eigenvalue weighted by Gasteiger charge is -2.35. The van der Waals surface area contributed by atoms with Crippen LogP contribution in [0.1, 0.15) is 45.4 Å². The van der Waals surface area contributed by atoms with E-state index >= 15 is 0 Å². The molecule has 0 aromatic heterocycles. The van der Waals surface area contributed by atoms with E-state index in [1.54, 1.807) is 0 Å². The summed E-state index contributed by atoms with van der Waals surface area (Å²) >= 11 is 0. The Morgan fingerprint density at radius 1 is 1.32 bits per heavy atom. The summed E-state index contributed by atoms with van der Waals surface area (Å²) in [6.45, 7) is 2.88. The summed E-state index contributed by atoms with van der Waals surface area (Å²) in [6, 6.07) is 0.0465.